The Kier molecular flexibility index (Phi) is 3.66. The summed E-state index contributed by atoms with van der Waals surface area (Å²) in [5.41, 5.74) is -1.21. The van der Waals surface area contributed by atoms with E-state index < -0.39 is 17.4 Å². The molecule has 1 heterocycles. The van der Waals surface area contributed by atoms with Gasteiger partial charge in [0, 0.05) is 11.1 Å². The summed E-state index contributed by atoms with van der Waals surface area (Å²) in [6.07, 6.45) is -4.63. The molecule has 0 amide bonds. The zero-order chi connectivity index (χ0) is 14.0. The molecule has 2 aromatic rings. The SMILES string of the molecule is O=c1cc(Cl)cc(C(F)(F)F)n1Cc1ccccc1. The molecule has 1 aromatic heterocycles. The molecule has 0 atom stereocenters. The predicted octanol–water partition coefficient (Wildman–Crippen LogP) is 3.57. The number of aromatic nitrogens is 1. The summed E-state index contributed by atoms with van der Waals surface area (Å²) in [6.45, 7) is -0.147. The van der Waals surface area contributed by atoms with Gasteiger partial charge >= 0.3 is 6.18 Å². The third-order valence-corrected chi connectivity index (χ3v) is 2.78. The van der Waals surface area contributed by atoms with Gasteiger partial charge in [-0.1, -0.05) is 41.9 Å². The minimum atomic E-state index is -4.63. The predicted molar refractivity (Wildman–Crippen MR) is 66.3 cm³/mol. The van der Waals surface area contributed by atoms with E-state index in [-0.39, 0.29) is 11.6 Å². The van der Waals surface area contributed by atoms with Gasteiger partial charge in [-0.3, -0.25) is 9.36 Å². The van der Waals surface area contributed by atoms with E-state index in [1.165, 1.54) is 0 Å². The van der Waals surface area contributed by atoms with E-state index in [1.54, 1.807) is 30.3 Å². The molecule has 6 heteroatoms. The fraction of sp³-hybridized carbons (Fsp3) is 0.154. The molecule has 0 saturated carbocycles. The van der Waals surface area contributed by atoms with Gasteiger partial charge in [-0.25, -0.2) is 0 Å². The monoisotopic (exact) mass is 287 g/mol. The Balaban J connectivity index is 2.53. The van der Waals surface area contributed by atoms with Crippen molar-refractivity contribution in [3.05, 3.63) is 69.1 Å². The van der Waals surface area contributed by atoms with Crippen molar-refractivity contribution in [2.75, 3.05) is 0 Å². The van der Waals surface area contributed by atoms with Gasteiger partial charge in [0.15, 0.2) is 0 Å². The van der Waals surface area contributed by atoms with Crippen LogP contribution >= 0.6 is 11.6 Å². The second-order valence-corrected chi connectivity index (χ2v) is 4.40. The normalized spacial score (nSPS) is 11.6. The molecular weight excluding hydrogens is 279 g/mol. The van der Waals surface area contributed by atoms with Crippen LogP contribution in [0.25, 0.3) is 0 Å². The van der Waals surface area contributed by atoms with Crippen molar-refractivity contribution >= 4 is 11.6 Å². The third kappa shape index (κ3) is 3.17. The topological polar surface area (TPSA) is 22.0 Å². The zero-order valence-corrected chi connectivity index (χ0v) is 10.4. The van der Waals surface area contributed by atoms with Crippen LogP contribution in [0, 0.1) is 0 Å². The van der Waals surface area contributed by atoms with Gasteiger partial charge in [0.2, 0.25) is 0 Å². The Labute approximate surface area is 112 Å². The first kappa shape index (κ1) is 13.7. The van der Waals surface area contributed by atoms with E-state index in [0.717, 1.165) is 12.1 Å². The number of hydrogen-bond acceptors (Lipinski definition) is 1. The van der Waals surface area contributed by atoms with Crippen LogP contribution in [0.3, 0.4) is 0 Å². The van der Waals surface area contributed by atoms with Gasteiger partial charge in [-0.2, -0.15) is 13.2 Å². The lowest BCUT2D eigenvalue weighted by molar-refractivity contribution is -0.144. The van der Waals surface area contributed by atoms with Crippen LogP contribution in [-0.4, -0.2) is 4.57 Å². The fourth-order valence-corrected chi connectivity index (χ4v) is 1.93. The Morgan fingerprint density at radius 2 is 1.74 bits per heavy atom. The summed E-state index contributed by atoms with van der Waals surface area (Å²) in [5.74, 6) is 0. The summed E-state index contributed by atoms with van der Waals surface area (Å²) in [7, 11) is 0. The average Bonchev–Trinajstić information content (AvgIpc) is 2.32. The van der Waals surface area contributed by atoms with Crippen LogP contribution in [0.2, 0.25) is 5.02 Å². The first-order valence-electron chi connectivity index (χ1n) is 5.39. The van der Waals surface area contributed by atoms with Crippen LogP contribution in [0.15, 0.2) is 47.3 Å². The summed E-state index contributed by atoms with van der Waals surface area (Å²) in [4.78, 5) is 11.7. The van der Waals surface area contributed by atoms with Gasteiger partial charge < -0.3 is 0 Å². The number of alkyl halides is 3. The van der Waals surface area contributed by atoms with Gasteiger partial charge in [0.25, 0.3) is 5.56 Å². The second-order valence-electron chi connectivity index (χ2n) is 3.97. The molecule has 0 fully saturated rings. The molecule has 19 heavy (non-hydrogen) atoms. The molecule has 0 aliphatic rings. The highest BCUT2D eigenvalue weighted by Gasteiger charge is 2.34. The molecule has 0 saturated heterocycles. The third-order valence-electron chi connectivity index (χ3n) is 2.57. The molecule has 0 N–H and O–H groups in total. The fourth-order valence-electron chi connectivity index (χ4n) is 1.73. The van der Waals surface area contributed by atoms with Crippen LogP contribution < -0.4 is 5.56 Å². The number of nitrogens with zero attached hydrogens (tertiary/aromatic N) is 1. The Morgan fingerprint density at radius 1 is 1.11 bits per heavy atom. The lowest BCUT2D eigenvalue weighted by Gasteiger charge is -2.15. The minimum Gasteiger partial charge on any atom is -0.300 e. The zero-order valence-electron chi connectivity index (χ0n) is 9.62. The highest BCUT2D eigenvalue weighted by atomic mass is 35.5. The summed E-state index contributed by atoms with van der Waals surface area (Å²) in [6, 6.07) is 10.2. The number of pyridine rings is 1. The molecule has 2 nitrogen and oxygen atoms in total. The standard InChI is InChI=1S/C13H9ClF3NO/c14-10-6-11(13(15,16)17)18(12(19)7-10)8-9-4-2-1-3-5-9/h1-7H,8H2. The maximum Gasteiger partial charge on any atom is 0.431 e. The Bertz CT molecular complexity index is 635. The maximum absolute atomic E-state index is 12.9. The van der Waals surface area contributed by atoms with Crippen LogP contribution in [0.4, 0.5) is 13.2 Å². The second kappa shape index (κ2) is 5.09. The quantitative estimate of drug-likeness (QED) is 0.828. The van der Waals surface area contributed by atoms with Crippen molar-refractivity contribution < 1.29 is 13.2 Å². The van der Waals surface area contributed by atoms with Gasteiger partial charge in [0.05, 0.1) is 6.54 Å². The highest BCUT2D eigenvalue weighted by molar-refractivity contribution is 6.30. The number of rotatable bonds is 2. The molecule has 0 radical (unpaired) electrons. The average molecular weight is 288 g/mol. The van der Waals surface area contributed by atoms with Crippen molar-refractivity contribution in [2.45, 2.75) is 12.7 Å². The van der Waals surface area contributed by atoms with Crippen molar-refractivity contribution in [3.63, 3.8) is 0 Å². The van der Waals surface area contributed by atoms with Crippen LogP contribution in [-0.2, 0) is 12.7 Å². The van der Waals surface area contributed by atoms with Crippen molar-refractivity contribution in [1.29, 1.82) is 0 Å². The van der Waals surface area contributed by atoms with E-state index >= 15 is 0 Å². The smallest absolute Gasteiger partial charge is 0.300 e. The molecule has 0 aliphatic heterocycles. The lowest BCUT2D eigenvalue weighted by atomic mass is 10.2. The number of benzene rings is 1. The Morgan fingerprint density at radius 3 is 2.32 bits per heavy atom. The van der Waals surface area contributed by atoms with E-state index in [0.29, 0.717) is 10.1 Å². The first-order chi connectivity index (χ1) is 8.88. The molecule has 0 aliphatic carbocycles. The van der Waals surface area contributed by atoms with E-state index in [2.05, 4.69) is 0 Å². The van der Waals surface area contributed by atoms with Crippen molar-refractivity contribution in [1.82, 2.24) is 4.57 Å². The highest BCUT2D eigenvalue weighted by Crippen LogP contribution is 2.30. The van der Waals surface area contributed by atoms with Gasteiger partial charge in [0.1, 0.15) is 5.69 Å². The molecular formula is C13H9ClF3NO. The van der Waals surface area contributed by atoms with Crippen molar-refractivity contribution in [3.8, 4) is 0 Å². The summed E-state index contributed by atoms with van der Waals surface area (Å²) >= 11 is 5.52. The molecule has 0 bridgehead atoms. The minimum absolute atomic E-state index is 0.147. The van der Waals surface area contributed by atoms with Crippen molar-refractivity contribution in [2.24, 2.45) is 0 Å². The van der Waals surface area contributed by atoms with E-state index in [9.17, 15) is 18.0 Å². The Hall–Kier alpha value is -1.75. The molecule has 1 aromatic carbocycles. The molecule has 100 valence electrons. The molecule has 2 rings (SSSR count). The summed E-state index contributed by atoms with van der Waals surface area (Å²) in [5, 5.41) is -0.221. The maximum atomic E-state index is 12.9. The van der Waals surface area contributed by atoms with Gasteiger partial charge in [-0.05, 0) is 11.6 Å². The number of hydrogen-bond donors (Lipinski definition) is 0. The number of halogens is 4. The molecule has 0 unspecified atom stereocenters. The lowest BCUT2D eigenvalue weighted by Crippen LogP contribution is -2.27. The van der Waals surface area contributed by atoms with E-state index in [4.69, 9.17) is 11.6 Å². The largest absolute Gasteiger partial charge is 0.431 e. The first-order valence-corrected chi connectivity index (χ1v) is 5.77. The van der Waals surface area contributed by atoms with Crippen LogP contribution in [0.1, 0.15) is 11.3 Å². The molecule has 0 spiro atoms. The van der Waals surface area contributed by atoms with Crippen LogP contribution in [0.5, 0.6) is 0 Å². The van der Waals surface area contributed by atoms with Gasteiger partial charge in [-0.15, -0.1) is 0 Å². The van der Waals surface area contributed by atoms with E-state index in [1.807, 2.05) is 0 Å². The summed E-state index contributed by atoms with van der Waals surface area (Å²) < 4.78 is 39.3.